The summed E-state index contributed by atoms with van der Waals surface area (Å²) in [6.07, 6.45) is 5.69. The molecule has 1 aliphatic heterocycles. The van der Waals surface area contributed by atoms with Gasteiger partial charge in [0, 0.05) is 18.2 Å². The predicted octanol–water partition coefficient (Wildman–Crippen LogP) is 3.55. The minimum absolute atomic E-state index is 0.0350. The largest absolute Gasteiger partial charge is 0.419 e. The van der Waals surface area contributed by atoms with Crippen molar-refractivity contribution >= 4 is 11.9 Å². The number of hydrogen-bond donors (Lipinski definition) is 0. The lowest BCUT2D eigenvalue weighted by atomic mass is 9.90. The third kappa shape index (κ3) is 3.60. The van der Waals surface area contributed by atoms with Crippen LogP contribution in [0.15, 0.2) is 55.3 Å². The zero-order valence-corrected chi connectivity index (χ0v) is 12.1. The minimum Gasteiger partial charge on any atom is -0.410 e. The Labute approximate surface area is 124 Å². The van der Waals surface area contributed by atoms with Crippen LogP contribution in [0.2, 0.25) is 0 Å². The van der Waals surface area contributed by atoms with Crippen LogP contribution in [0.1, 0.15) is 19.8 Å². The van der Waals surface area contributed by atoms with E-state index >= 15 is 0 Å². The van der Waals surface area contributed by atoms with Gasteiger partial charge in [-0.2, -0.15) is 0 Å². The van der Waals surface area contributed by atoms with Crippen molar-refractivity contribution in [2.24, 2.45) is 5.92 Å². The lowest BCUT2D eigenvalue weighted by molar-refractivity contribution is -0.120. The average molecular weight is 285 g/mol. The fourth-order valence-corrected chi connectivity index (χ4v) is 2.36. The number of amides is 1. The fraction of sp³-hybridized carbons (Fsp3) is 0.294. The Morgan fingerprint density at radius 1 is 1.38 bits per heavy atom. The van der Waals surface area contributed by atoms with Crippen molar-refractivity contribution in [3.63, 3.8) is 0 Å². The van der Waals surface area contributed by atoms with E-state index < -0.39 is 6.09 Å². The molecule has 1 aliphatic rings. The van der Waals surface area contributed by atoms with Gasteiger partial charge in [-0.3, -0.25) is 9.69 Å². The standard InChI is InChI=1S/C17H19NO3/c1-3-4-10-15-13(2)16(19)11-12-18(15)17(20)21-14-8-6-5-7-9-14/h3,5-9,11-13,15H,1,4,10H2,2H3/t13-,15-/m1/s1. The number of ether oxygens (including phenoxy) is 1. The first-order valence-corrected chi connectivity index (χ1v) is 7.01. The van der Waals surface area contributed by atoms with Crippen LogP contribution < -0.4 is 4.74 Å². The Kier molecular flexibility index (Phi) is 4.93. The van der Waals surface area contributed by atoms with Crippen LogP contribution in [0.25, 0.3) is 0 Å². The number of nitrogens with zero attached hydrogens (tertiary/aromatic N) is 1. The summed E-state index contributed by atoms with van der Waals surface area (Å²) >= 11 is 0. The van der Waals surface area contributed by atoms with Crippen molar-refractivity contribution in [3.8, 4) is 5.75 Å². The van der Waals surface area contributed by atoms with E-state index in [0.29, 0.717) is 12.2 Å². The zero-order valence-electron chi connectivity index (χ0n) is 12.1. The molecule has 21 heavy (non-hydrogen) atoms. The van der Waals surface area contributed by atoms with Crippen molar-refractivity contribution in [3.05, 3.63) is 55.3 Å². The van der Waals surface area contributed by atoms with Crippen LogP contribution >= 0.6 is 0 Å². The molecule has 1 aromatic rings. The Morgan fingerprint density at radius 3 is 2.76 bits per heavy atom. The highest BCUT2D eigenvalue weighted by Gasteiger charge is 2.34. The molecule has 0 N–H and O–H groups in total. The summed E-state index contributed by atoms with van der Waals surface area (Å²) in [5.41, 5.74) is 0. The summed E-state index contributed by atoms with van der Waals surface area (Å²) < 4.78 is 5.35. The van der Waals surface area contributed by atoms with Gasteiger partial charge in [-0.05, 0) is 31.1 Å². The molecule has 0 spiro atoms. The molecule has 1 aromatic carbocycles. The van der Waals surface area contributed by atoms with Crippen molar-refractivity contribution in [1.29, 1.82) is 0 Å². The molecule has 0 aromatic heterocycles. The highest BCUT2D eigenvalue weighted by Crippen LogP contribution is 2.24. The lowest BCUT2D eigenvalue weighted by Gasteiger charge is -2.34. The molecule has 1 heterocycles. The van der Waals surface area contributed by atoms with Gasteiger partial charge in [-0.25, -0.2) is 4.79 Å². The van der Waals surface area contributed by atoms with E-state index in [1.807, 2.05) is 13.0 Å². The maximum Gasteiger partial charge on any atom is 0.419 e. The normalized spacial score (nSPS) is 21.2. The Morgan fingerprint density at radius 2 is 2.10 bits per heavy atom. The van der Waals surface area contributed by atoms with Crippen molar-refractivity contribution in [2.45, 2.75) is 25.8 Å². The van der Waals surface area contributed by atoms with Crippen LogP contribution in [0.4, 0.5) is 4.79 Å². The molecule has 0 saturated carbocycles. The van der Waals surface area contributed by atoms with E-state index in [1.165, 1.54) is 17.2 Å². The number of hydrogen-bond acceptors (Lipinski definition) is 3. The van der Waals surface area contributed by atoms with Gasteiger partial charge in [-0.1, -0.05) is 31.2 Å². The number of para-hydroxylation sites is 1. The number of rotatable bonds is 4. The van der Waals surface area contributed by atoms with Gasteiger partial charge in [0.05, 0.1) is 0 Å². The van der Waals surface area contributed by atoms with Gasteiger partial charge >= 0.3 is 6.09 Å². The van der Waals surface area contributed by atoms with E-state index in [2.05, 4.69) is 6.58 Å². The third-order valence-corrected chi connectivity index (χ3v) is 3.61. The molecular formula is C17H19NO3. The number of allylic oxidation sites excluding steroid dienone is 2. The quantitative estimate of drug-likeness (QED) is 0.795. The molecular weight excluding hydrogens is 266 g/mol. The summed E-state index contributed by atoms with van der Waals surface area (Å²) in [6.45, 7) is 5.52. The molecule has 4 heteroatoms. The summed E-state index contributed by atoms with van der Waals surface area (Å²) in [6, 6.07) is 8.70. The number of benzene rings is 1. The Balaban J connectivity index is 2.14. The second-order valence-corrected chi connectivity index (χ2v) is 5.03. The smallest absolute Gasteiger partial charge is 0.410 e. The molecule has 2 rings (SSSR count). The second-order valence-electron chi connectivity index (χ2n) is 5.03. The highest BCUT2D eigenvalue weighted by molar-refractivity contribution is 5.94. The van der Waals surface area contributed by atoms with E-state index in [0.717, 1.165) is 6.42 Å². The molecule has 1 amide bonds. The number of ketones is 1. The average Bonchev–Trinajstić information content (AvgIpc) is 2.49. The van der Waals surface area contributed by atoms with Crippen LogP contribution in [-0.2, 0) is 4.79 Å². The van der Waals surface area contributed by atoms with Crippen LogP contribution in [0.3, 0.4) is 0 Å². The van der Waals surface area contributed by atoms with Gasteiger partial charge in [0.25, 0.3) is 0 Å². The van der Waals surface area contributed by atoms with Gasteiger partial charge < -0.3 is 4.74 Å². The maximum absolute atomic E-state index is 12.3. The van der Waals surface area contributed by atoms with E-state index in [9.17, 15) is 9.59 Å². The summed E-state index contributed by atoms with van der Waals surface area (Å²) in [7, 11) is 0. The highest BCUT2D eigenvalue weighted by atomic mass is 16.6. The summed E-state index contributed by atoms with van der Waals surface area (Å²) in [5.74, 6) is 0.286. The van der Waals surface area contributed by atoms with Gasteiger partial charge in [0.1, 0.15) is 5.75 Å². The first kappa shape index (κ1) is 15.0. The molecule has 0 radical (unpaired) electrons. The van der Waals surface area contributed by atoms with Crippen molar-refractivity contribution in [2.75, 3.05) is 0 Å². The van der Waals surface area contributed by atoms with Gasteiger partial charge in [0.2, 0.25) is 0 Å². The van der Waals surface area contributed by atoms with E-state index in [4.69, 9.17) is 4.74 Å². The molecule has 0 fully saturated rings. The number of carbonyl (C=O) groups excluding carboxylic acids is 2. The maximum atomic E-state index is 12.3. The topological polar surface area (TPSA) is 46.6 Å². The molecule has 2 atom stereocenters. The first-order valence-electron chi connectivity index (χ1n) is 7.01. The molecule has 0 aliphatic carbocycles. The lowest BCUT2D eigenvalue weighted by Crippen LogP contribution is -2.46. The zero-order chi connectivity index (χ0) is 15.2. The number of carbonyl (C=O) groups is 2. The second kappa shape index (κ2) is 6.88. The molecule has 0 saturated heterocycles. The molecule has 0 unspecified atom stereocenters. The van der Waals surface area contributed by atoms with Crippen LogP contribution in [0, 0.1) is 5.92 Å². The monoisotopic (exact) mass is 285 g/mol. The molecule has 110 valence electrons. The molecule has 0 bridgehead atoms. The first-order chi connectivity index (χ1) is 10.1. The third-order valence-electron chi connectivity index (χ3n) is 3.61. The minimum atomic E-state index is -0.467. The van der Waals surface area contributed by atoms with Gasteiger partial charge in [0.15, 0.2) is 5.78 Å². The predicted molar refractivity (Wildman–Crippen MR) is 80.8 cm³/mol. The van der Waals surface area contributed by atoms with Gasteiger partial charge in [-0.15, -0.1) is 6.58 Å². The Bertz CT molecular complexity index is 550. The van der Waals surface area contributed by atoms with Crippen LogP contribution in [0.5, 0.6) is 5.75 Å². The van der Waals surface area contributed by atoms with Crippen LogP contribution in [-0.4, -0.2) is 22.8 Å². The molecule has 4 nitrogen and oxygen atoms in total. The SMILES string of the molecule is C=CCC[C@@H]1[C@@H](C)C(=O)C=CN1C(=O)Oc1ccccc1. The summed E-state index contributed by atoms with van der Waals surface area (Å²) in [5, 5.41) is 0. The van der Waals surface area contributed by atoms with E-state index in [-0.39, 0.29) is 17.7 Å². The summed E-state index contributed by atoms with van der Waals surface area (Å²) in [4.78, 5) is 25.6. The van der Waals surface area contributed by atoms with Crippen molar-refractivity contribution in [1.82, 2.24) is 4.90 Å². The Hall–Kier alpha value is -2.36. The van der Waals surface area contributed by atoms with Crippen molar-refractivity contribution < 1.29 is 14.3 Å². The fourth-order valence-electron chi connectivity index (χ4n) is 2.36. The van der Waals surface area contributed by atoms with E-state index in [1.54, 1.807) is 30.3 Å².